The maximum Gasteiger partial charge on any atom is 0.387 e. The van der Waals surface area contributed by atoms with Crippen molar-refractivity contribution in [1.29, 1.82) is 5.41 Å². The van der Waals surface area contributed by atoms with Crippen LogP contribution in [-0.4, -0.2) is 28.7 Å². The van der Waals surface area contributed by atoms with E-state index in [4.69, 9.17) is 5.41 Å². The van der Waals surface area contributed by atoms with Gasteiger partial charge in [-0.2, -0.15) is 13.8 Å². The topological polar surface area (TPSA) is 112 Å². The zero-order valence-electron chi connectivity index (χ0n) is 16.9. The molecule has 164 valence electrons. The number of rotatable bonds is 8. The summed E-state index contributed by atoms with van der Waals surface area (Å²) in [4.78, 5) is 20.2. The van der Waals surface area contributed by atoms with Crippen molar-refractivity contribution < 1.29 is 18.3 Å². The fraction of sp³-hybridized carbons (Fsp3) is 0.182. The number of ether oxygens (including phenoxy) is 1. The molecule has 2 heterocycles. The number of aromatic nitrogens is 2. The normalized spacial score (nSPS) is 12.7. The molecule has 4 N–H and O–H groups in total. The number of halogens is 2. The molecule has 0 radical (unpaired) electrons. The van der Waals surface area contributed by atoms with Crippen LogP contribution in [-0.2, 0) is 17.8 Å². The van der Waals surface area contributed by atoms with E-state index < -0.39 is 6.61 Å². The predicted molar refractivity (Wildman–Crippen MR) is 117 cm³/mol. The van der Waals surface area contributed by atoms with Crippen LogP contribution in [0.3, 0.4) is 0 Å². The Morgan fingerprint density at radius 3 is 2.88 bits per heavy atom. The maximum atomic E-state index is 12.6. The summed E-state index contributed by atoms with van der Waals surface area (Å²) in [6, 6.07) is 12.0. The molecule has 10 heteroatoms. The van der Waals surface area contributed by atoms with E-state index >= 15 is 0 Å². The predicted octanol–water partition coefficient (Wildman–Crippen LogP) is 4.32. The number of fused-ring (bicyclic) bond motifs is 1. The van der Waals surface area contributed by atoms with Gasteiger partial charge in [0.15, 0.2) is 0 Å². The van der Waals surface area contributed by atoms with Crippen LogP contribution in [0.1, 0.15) is 23.1 Å². The SMILES string of the molecule is N=Cc1cnc(Nc2ccc3c(c2)CCC(=O)N3)nc1NCc1ccccc1OC(F)F. The first-order valence-electron chi connectivity index (χ1n) is 9.86. The Morgan fingerprint density at radius 1 is 1.22 bits per heavy atom. The fourth-order valence-electron chi connectivity index (χ4n) is 3.33. The van der Waals surface area contributed by atoms with E-state index in [1.165, 1.54) is 12.3 Å². The van der Waals surface area contributed by atoms with E-state index in [1.54, 1.807) is 18.2 Å². The lowest BCUT2D eigenvalue weighted by Gasteiger charge is -2.18. The van der Waals surface area contributed by atoms with Crippen LogP contribution in [0.4, 0.5) is 31.9 Å². The molecule has 2 aromatic carbocycles. The Labute approximate surface area is 182 Å². The first kappa shape index (κ1) is 21.2. The van der Waals surface area contributed by atoms with Gasteiger partial charge in [0.1, 0.15) is 11.6 Å². The lowest BCUT2D eigenvalue weighted by atomic mass is 10.0. The molecule has 0 unspecified atom stereocenters. The van der Waals surface area contributed by atoms with Gasteiger partial charge in [0.2, 0.25) is 11.9 Å². The van der Waals surface area contributed by atoms with E-state index in [-0.39, 0.29) is 18.2 Å². The van der Waals surface area contributed by atoms with Crippen LogP contribution in [0, 0.1) is 5.41 Å². The molecule has 1 aliphatic rings. The van der Waals surface area contributed by atoms with Gasteiger partial charge in [0.25, 0.3) is 0 Å². The summed E-state index contributed by atoms with van der Waals surface area (Å²) in [5, 5.41) is 16.6. The molecule has 1 amide bonds. The summed E-state index contributed by atoms with van der Waals surface area (Å²) in [7, 11) is 0. The Balaban J connectivity index is 1.51. The average Bonchev–Trinajstić information content (AvgIpc) is 2.78. The van der Waals surface area contributed by atoms with Gasteiger partial charge in [-0.25, -0.2) is 4.98 Å². The zero-order chi connectivity index (χ0) is 22.5. The molecule has 32 heavy (non-hydrogen) atoms. The summed E-state index contributed by atoms with van der Waals surface area (Å²) >= 11 is 0. The molecule has 0 fully saturated rings. The number of nitrogens with one attached hydrogen (secondary N) is 4. The standard InChI is InChI=1S/C22H20F2N6O2/c23-21(24)32-18-4-2-1-3-14(18)11-26-20-15(10-25)12-27-22(30-20)28-16-6-7-17-13(9-16)5-8-19(31)29-17/h1-4,6-7,9-10,12,21,25H,5,8,11H2,(H,29,31)(H2,26,27,28,30). The lowest BCUT2D eigenvalue weighted by molar-refractivity contribution is -0.116. The van der Waals surface area contributed by atoms with Crippen molar-refractivity contribution in [2.75, 3.05) is 16.0 Å². The monoisotopic (exact) mass is 438 g/mol. The number of aryl methyl sites for hydroxylation is 1. The van der Waals surface area contributed by atoms with Gasteiger partial charge < -0.3 is 26.1 Å². The number of anilines is 4. The van der Waals surface area contributed by atoms with E-state index in [1.807, 2.05) is 18.2 Å². The van der Waals surface area contributed by atoms with Crippen molar-refractivity contribution in [3.8, 4) is 5.75 Å². The zero-order valence-corrected chi connectivity index (χ0v) is 16.9. The first-order chi connectivity index (χ1) is 15.5. The molecule has 3 aromatic rings. The lowest BCUT2D eigenvalue weighted by Crippen LogP contribution is -2.18. The van der Waals surface area contributed by atoms with E-state index in [2.05, 4.69) is 30.7 Å². The minimum atomic E-state index is -2.92. The highest BCUT2D eigenvalue weighted by molar-refractivity contribution is 5.94. The van der Waals surface area contributed by atoms with Crippen molar-refractivity contribution in [2.45, 2.75) is 26.0 Å². The van der Waals surface area contributed by atoms with Gasteiger partial charge in [-0.05, 0) is 36.2 Å². The summed E-state index contributed by atoms with van der Waals surface area (Å²) < 4.78 is 29.8. The van der Waals surface area contributed by atoms with Crippen LogP contribution in [0.15, 0.2) is 48.7 Å². The third-order valence-electron chi connectivity index (χ3n) is 4.86. The van der Waals surface area contributed by atoms with E-state index in [0.717, 1.165) is 23.2 Å². The van der Waals surface area contributed by atoms with Gasteiger partial charge >= 0.3 is 6.61 Å². The average molecular weight is 438 g/mol. The third-order valence-corrected chi connectivity index (χ3v) is 4.86. The number of hydrogen-bond donors (Lipinski definition) is 4. The van der Waals surface area contributed by atoms with Gasteiger partial charge in [-0.3, -0.25) is 4.79 Å². The minimum absolute atomic E-state index is 0.0000138. The number of nitrogens with zero attached hydrogens (tertiary/aromatic N) is 2. The molecule has 1 aliphatic heterocycles. The van der Waals surface area contributed by atoms with Crippen molar-refractivity contribution in [3.63, 3.8) is 0 Å². The number of carbonyl (C=O) groups excluding carboxylic acids is 1. The second-order valence-electron chi connectivity index (χ2n) is 7.03. The van der Waals surface area contributed by atoms with E-state index in [0.29, 0.717) is 35.7 Å². The third kappa shape index (κ3) is 4.97. The molecule has 0 saturated heterocycles. The van der Waals surface area contributed by atoms with Crippen LogP contribution >= 0.6 is 0 Å². The molecule has 0 aliphatic carbocycles. The molecule has 1 aromatic heterocycles. The van der Waals surface area contributed by atoms with Crippen LogP contribution < -0.4 is 20.7 Å². The smallest absolute Gasteiger partial charge is 0.387 e. The highest BCUT2D eigenvalue weighted by Crippen LogP contribution is 2.27. The van der Waals surface area contributed by atoms with Crippen molar-refractivity contribution in [2.24, 2.45) is 0 Å². The van der Waals surface area contributed by atoms with Crippen molar-refractivity contribution in [3.05, 3.63) is 65.4 Å². The maximum absolute atomic E-state index is 12.6. The summed E-state index contributed by atoms with van der Waals surface area (Å²) in [5.41, 5.74) is 3.52. The number of hydrogen-bond acceptors (Lipinski definition) is 7. The quantitative estimate of drug-likeness (QED) is 0.390. The Kier molecular flexibility index (Phi) is 6.20. The highest BCUT2D eigenvalue weighted by Gasteiger charge is 2.15. The molecule has 0 atom stereocenters. The number of para-hydroxylation sites is 1. The molecule has 0 spiro atoms. The van der Waals surface area contributed by atoms with E-state index in [9.17, 15) is 13.6 Å². The molecular formula is C22H20F2N6O2. The summed E-state index contributed by atoms with van der Waals surface area (Å²) in [6.07, 6.45) is 3.68. The second-order valence-corrected chi connectivity index (χ2v) is 7.03. The molecule has 8 nitrogen and oxygen atoms in total. The van der Waals surface area contributed by atoms with Gasteiger partial charge in [-0.15, -0.1) is 0 Å². The molecule has 0 saturated carbocycles. The first-order valence-corrected chi connectivity index (χ1v) is 9.86. The number of carbonyl (C=O) groups is 1. The summed E-state index contributed by atoms with van der Waals surface area (Å²) in [6.45, 7) is -2.76. The van der Waals surface area contributed by atoms with Gasteiger partial charge in [-0.1, -0.05) is 18.2 Å². The Morgan fingerprint density at radius 2 is 2.06 bits per heavy atom. The number of amides is 1. The van der Waals surface area contributed by atoms with Gasteiger partial charge in [0, 0.05) is 42.3 Å². The van der Waals surface area contributed by atoms with Crippen molar-refractivity contribution >= 4 is 35.3 Å². The second kappa shape index (κ2) is 9.38. The van der Waals surface area contributed by atoms with Crippen LogP contribution in [0.25, 0.3) is 0 Å². The largest absolute Gasteiger partial charge is 0.434 e. The molecule has 4 rings (SSSR count). The Bertz CT molecular complexity index is 1160. The molecule has 0 bridgehead atoms. The number of benzene rings is 2. The fourth-order valence-corrected chi connectivity index (χ4v) is 3.33. The summed E-state index contributed by atoms with van der Waals surface area (Å²) in [5.74, 6) is 0.740. The number of alkyl halides is 2. The minimum Gasteiger partial charge on any atom is -0.434 e. The highest BCUT2D eigenvalue weighted by atomic mass is 19.3. The van der Waals surface area contributed by atoms with Crippen molar-refractivity contribution in [1.82, 2.24) is 9.97 Å². The van der Waals surface area contributed by atoms with Gasteiger partial charge in [0.05, 0.1) is 5.56 Å². The van der Waals surface area contributed by atoms with Crippen LogP contribution in [0.2, 0.25) is 0 Å². The molecular weight excluding hydrogens is 418 g/mol. The Hall–Kier alpha value is -4.08. The van der Waals surface area contributed by atoms with Crippen LogP contribution in [0.5, 0.6) is 5.75 Å².